The maximum Gasteiger partial charge on any atom is 0.226 e. The van der Waals surface area contributed by atoms with Crippen molar-refractivity contribution in [2.75, 3.05) is 39.9 Å². The molecule has 0 aromatic heterocycles. The van der Waals surface area contributed by atoms with Crippen LogP contribution in [0.25, 0.3) is 0 Å². The van der Waals surface area contributed by atoms with Crippen LogP contribution in [0, 0.1) is 0 Å². The summed E-state index contributed by atoms with van der Waals surface area (Å²) < 4.78 is 11.6. The molecule has 1 atom stereocenters. The third-order valence-electron chi connectivity index (χ3n) is 6.64. The van der Waals surface area contributed by atoms with E-state index in [0.717, 1.165) is 50.3 Å². The highest BCUT2D eigenvalue weighted by Crippen LogP contribution is 2.37. The van der Waals surface area contributed by atoms with Gasteiger partial charge in [0.05, 0.1) is 19.1 Å². The fourth-order valence-electron chi connectivity index (χ4n) is 5.00. The van der Waals surface area contributed by atoms with Crippen LogP contribution in [0.1, 0.15) is 44.1 Å². The van der Waals surface area contributed by atoms with Crippen molar-refractivity contribution in [3.8, 4) is 5.75 Å². The molecule has 1 spiro atoms. The third-order valence-corrected chi connectivity index (χ3v) is 6.64. The van der Waals surface area contributed by atoms with Gasteiger partial charge in [0.2, 0.25) is 5.91 Å². The van der Waals surface area contributed by atoms with Gasteiger partial charge in [-0.25, -0.2) is 0 Å². The molecule has 27 heavy (non-hydrogen) atoms. The second-order valence-corrected chi connectivity index (χ2v) is 8.33. The van der Waals surface area contributed by atoms with Crippen LogP contribution >= 0.6 is 0 Å². The van der Waals surface area contributed by atoms with E-state index < -0.39 is 0 Å². The monoisotopic (exact) mass is 372 g/mol. The average molecular weight is 373 g/mol. The Morgan fingerprint density at radius 2 is 2.00 bits per heavy atom. The lowest BCUT2D eigenvalue weighted by Crippen LogP contribution is -2.54. The number of hydrogen-bond donors (Lipinski definition) is 0. The fraction of sp³-hybridized carbons (Fsp3) is 0.682. The normalized spacial score (nSPS) is 25.7. The number of carbonyl (C=O) groups excluding carboxylic acids is 1. The molecule has 4 rings (SSSR count). The third kappa shape index (κ3) is 4.30. The number of rotatable bonds is 4. The summed E-state index contributed by atoms with van der Waals surface area (Å²) in [6.45, 7) is 5.02. The van der Waals surface area contributed by atoms with Gasteiger partial charge in [0.1, 0.15) is 5.75 Å². The lowest BCUT2D eigenvalue weighted by Gasteiger charge is -2.48. The van der Waals surface area contributed by atoms with Crippen molar-refractivity contribution >= 4 is 5.91 Å². The Labute approximate surface area is 162 Å². The Kier molecular flexibility index (Phi) is 5.69. The molecule has 0 radical (unpaired) electrons. The molecule has 0 bridgehead atoms. The molecule has 3 fully saturated rings. The first-order valence-corrected chi connectivity index (χ1v) is 10.5. The molecule has 5 nitrogen and oxygen atoms in total. The average Bonchev–Trinajstić information content (AvgIpc) is 3.24. The summed E-state index contributed by atoms with van der Waals surface area (Å²) in [7, 11) is 1.66. The number of piperidine rings is 1. The molecule has 3 aliphatic rings. The number of methoxy groups -OCH3 is 1. The predicted octanol–water partition coefficient (Wildman–Crippen LogP) is 2.87. The highest BCUT2D eigenvalue weighted by molar-refractivity contribution is 5.79. The smallest absolute Gasteiger partial charge is 0.226 e. The number of hydrogen-bond acceptors (Lipinski definition) is 4. The minimum absolute atomic E-state index is 0.00173. The standard InChI is InChI=1S/C22H32N2O3/c1-26-20-6-4-5-18(15-20)16-21(25)24-12-8-22(9-13-24)17-19(7-14-27-22)23-10-2-3-11-23/h4-6,15,19H,2-3,7-14,16-17H2,1H3. The Hall–Kier alpha value is -1.59. The van der Waals surface area contributed by atoms with Crippen molar-refractivity contribution in [1.82, 2.24) is 9.80 Å². The van der Waals surface area contributed by atoms with Crippen LogP contribution in [0.4, 0.5) is 0 Å². The van der Waals surface area contributed by atoms with Crippen molar-refractivity contribution in [3.63, 3.8) is 0 Å². The van der Waals surface area contributed by atoms with Crippen LogP contribution in [0.3, 0.4) is 0 Å². The lowest BCUT2D eigenvalue weighted by molar-refractivity contribution is -0.148. The lowest BCUT2D eigenvalue weighted by atomic mass is 9.81. The van der Waals surface area contributed by atoms with E-state index in [1.54, 1.807) is 7.11 Å². The fourth-order valence-corrected chi connectivity index (χ4v) is 5.00. The Morgan fingerprint density at radius 1 is 1.22 bits per heavy atom. The molecule has 3 heterocycles. The molecule has 0 N–H and O–H groups in total. The van der Waals surface area contributed by atoms with Gasteiger partial charge >= 0.3 is 0 Å². The molecule has 1 aromatic carbocycles. The van der Waals surface area contributed by atoms with Crippen molar-refractivity contribution in [2.24, 2.45) is 0 Å². The van der Waals surface area contributed by atoms with Gasteiger partial charge in [-0.2, -0.15) is 0 Å². The Balaban J connectivity index is 1.31. The van der Waals surface area contributed by atoms with E-state index in [1.807, 2.05) is 29.2 Å². The summed E-state index contributed by atoms with van der Waals surface area (Å²) in [5, 5.41) is 0. The number of nitrogens with zero attached hydrogens (tertiary/aromatic N) is 2. The molecular formula is C22H32N2O3. The molecule has 0 saturated carbocycles. The molecule has 1 amide bonds. The number of likely N-dealkylation sites (tertiary alicyclic amines) is 2. The van der Waals surface area contributed by atoms with Gasteiger partial charge in [0, 0.05) is 25.7 Å². The van der Waals surface area contributed by atoms with Crippen LogP contribution in [0.2, 0.25) is 0 Å². The molecule has 0 aliphatic carbocycles. The molecule has 1 unspecified atom stereocenters. The van der Waals surface area contributed by atoms with Gasteiger partial charge < -0.3 is 19.3 Å². The predicted molar refractivity (Wildman–Crippen MR) is 105 cm³/mol. The van der Waals surface area contributed by atoms with E-state index in [9.17, 15) is 4.79 Å². The van der Waals surface area contributed by atoms with Crippen LogP contribution in [-0.2, 0) is 16.0 Å². The minimum Gasteiger partial charge on any atom is -0.497 e. The maximum atomic E-state index is 12.7. The molecule has 3 aliphatic heterocycles. The van der Waals surface area contributed by atoms with Crippen LogP contribution in [0.15, 0.2) is 24.3 Å². The van der Waals surface area contributed by atoms with E-state index in [-0.39, 0.29) is 11.5 Å². The van der Waals surface area contributed by atoms with Gasteiger partial charge in [-0.3, -0.25) is 4.79 Å². The van der Waals surface area contributed by atoms with Crippen LogP contribution in [0.5, 0.6) is 5.75 Å². The van der Waals surface area contributed by atoms with E-state index in [1.165, 1.54) is 32.4 Å². The Morgan fingerprint density at radius 3 is 2.74 bits per heavy atom. The molecule has 148 valence electrons. The summed E-state index contributed by atoms with van der Waals surface area (Å²) in [5.74, 6) is 1.02. The van der Waals surface area contributed by atoms with E-state index in [0.29, 0.717) is 12.5 Å². The number of amides is 1. The second-order valence-electron chi connectivity index (χ2n) is 8.33. The van der Waals surface area contributed by atoms with Crippen molar-refractivity contribution < 1.29 is 14.3 Å². The van der Waals surface area contributed by atoms with Gasteiger partial charge in [-0.05, 0) is 69.3 Å². The highest BCUT2D eigenvalue weighted by Gasteiger charge is 2.42. The summed E-state index contributed by atoms with van der Waals surface area (Å²) >= 11 is 0. The zero-order valence-corrected chi connectivity index (χ0v) is 16.5. The van der Waals surface area contributed by atoms with E-state index >= 15 is 0 Å². The van der Waals surface area contributed by atoms with Crippen molar-refractivity contribution in [1.29, 1.82) is 0 Å². The second kappa shape index (κ2) is 8.19. The minimum atomic E-state index is -0.00173. The van der Waals surface area contributed by atoms with E-state index in [2.05, 4.69) is 4.90 Å². The maximum absolute atomic E-state index is 12.7. The van der Waals surface area contributed by atoms with Gasteiger partial charge in [-0.15, -0.1) is 0 Å². The first-order valence-electron chi connectivity index (χ1n) is 10.5. The first-order chi connectivity index (χ1) is 13.2. The first kappa shape index (κ1) is 18.8. The molecule has 3 saturated heterocycles. The highest BCUT2D eigenvalue weighted by atomic mass is 16.5. The Bertz CT molecular complexity index is 649. The van der Waals surface area contributed by atoms with E-state index in [4.69, 9.17) is 9.47 Å². The zero-order chi connectivity index (χ0) is 18.7. The zero-order valence-electron chi connectivity index (χ0n) is 16.5. The quantitative estimate of drug-likeness (QED) is 0.815. The molecular weight excluding hydrogens is 340 g/mol. The SMILES string of the molecule is COc1cccc(CC(=O)N2CCC3(CC2)CC(N2CCCC2)CCO3)c1. The van der Waals surface area contributed by atoms with Gasteiger partial charge in [0.15, 0.2) is 0 Å². The van der Waals surface area contributed by atoms with Crippen LogP contribution in [-0.4, -0.2) is 67.2 Å². The molecule has 1 aromatic rings. The number of ether oxygens (including phenoxy) is 2. The van der Waals surface area contributed by atoms with Crippen molar-refractivity contribution in [2.45, 2.75) is 56.6 Å². The molecule has 5 heteroatoms. The van der Waals surface area contributed by atoms with Crippen molar-refractivity contribution in [3.05, 3.63) is 29.8 Å². The number of benzene rings is 1. The number of carbonyl (C=O) groups is 1. The summed E-state index contributed by atoms with van der Waals surface area (Å²) in [6, 6.07) is 8.49. The van der Waals surface area contributed by atoms with Gasteiger partial charge in [0.25, 0.3) is 0 Å². The summed E-state index contributed by atoms with van der Waals surface area (Å²) in [6.07, 6.45) is 7.39. The summed E-state index contributed by atoms with van der Waals surface area (Å²) in [5.41, 5.74) is 1.01. The van der Waals surface area contributed by atoms with Crippen LogP contribution < -0.4 is 4.74 Å². The summed E-state index contributed by atoms with van der Waals surface area (Å²) in [4.78, 5) is 17.4. The topological polar surface area (TPSA) is 42.0 Å². The van der Waals surface area contributed by atoms with Gasteiger partial charge in [-0.1, -0.05) is 12.1 Å². The largest absolute Gasteiger partial charge is 0.497 e.